The largest absolute Gasteiger partial charge is 0.465 e. The highest BCUT2D eigenvalue weighted by Gasteiger charge is 2.33. The Bertz CT molecular complexity index is 2670. The molecule has 11 atom stereocenters. The van der Waals surface area contributed by atoms with E-state index in [1.54, 1.807) is 46.3 Å². The summed E-state index contributed by atoms with van der Waals surface area (Å²) in [6, 6.07) is -3.46. The molecule has 0 aromatic heterocycles. The average Bonchev–Trinajstić information content (AvgIpc) is 0.868. The van der Waals surface area contributed by atoms with Crippen LogP contribution in [0, 0.1) is 35.5 Å². The molecule has 107 heavy (non-hydrogen) atoms. The average molecular weight is 1510 g/mol. The topological polar surface area (TPSA) is 332 Å². The fourth-order valence-electron chi connectivity index (χ4n) is 10.5. The summed E-state index contributed by atoms with van der Waals surface area (Å²) in [5, 5.41) is 17.3. The highest BCUT2D eigenvalue weighted by molar-refractivity contribution is 5.87. The van der Waals surface area contributed by atoms with E-state index in [9.17, 15) is 57.5 Å². The Morgan fingerprint density at radius 2 is 0.561 bits per heavy atom. The van der Waals surface area contributed by atoms with E-state index in [0.717, 1.165) is 83.5 Å². The Morgan fingerprint density at radius 3 is 0.925 bits per heavy atom. The number of Topliss-reactive ketones (excluding diaryl/α,β-unsaturated/α-hetero) is 3. The number of likely N-dealkylation sites (N-methyl/N-ethyl adjacent to an activating group) is 3. The highest BCUT2D eigenvalue weighted by Crippen LogP contribution is 2.18. The van der Waals surface area contributed by atoms with Gasteiger partial charge in [-0.1, -0.05) is 189 Å². The van der Waals surface area contributed by atoms with Gasteiger partial charge in [-0.25, -0.2) is 14.4 Å². The van der Waals surface area contributed by atoms with E-state index >= 15 is 0 Å². The summed E-state index contributed by atoms with van der Waals surface area (Å²) in [5.74, 6) is -2.80. The van der Waals surface area contributed by atoms with Crippen molar-refractivity contribution in [2.75, 3.05) is 47.6 Å². The molecule has 0 saturated carbocycles. The number of ether oxygens (including phenoxy) is 6. The van der Waals surface area contributed by atoms with Gasteiger partial charge in [0.2, 0.25) is 17.7 Å². The van der Waals surface area contributed by atoms with Crippen molar-refractivity contribution in [3.05, 3.63) is 60.8 Å². The molecule has 0 saturated heterocycles. The molecule has 3 amide bonds. The fourth-order valence-corrected chi connectivity index (χ4v) is 10.5. The van der Waals surface area contributed by atoms with Crippen LogP contribution < -0.4 is 31.9 Å². The number of amides is 3. The second-order valence-electron chi connectivity index (χ2n) is 28.4. The maximum Gasteiger partial charge on any atom is 0.332 e. The second-order valence-corrected chi connectivity index (χ2v) is 28.4. The lowest BCUT2D eigenvalue weighted by Gasteiger charge is -2.26. The van der Waals surface area contributed by atoms with E-state index < -0.39 is 48.4 Å². The van der Waals surface area contributed by atoms with Crippen LogP contribution in [0.5, 0.6) is 0 Å². The molecule has 0 aromatic rings. The van der Waals surface area contributed by atoms with Crippen LogP contribution >= 0.6 is 0 Å². The first kappa shape index (κ1) is 104. The summed E-state index contributed by atoms with van der Waals surface area (Å²) < 4.78 is 32.5. The van der Waals surface area contributed by atoms with Gasteiger partial charge in [0.1, 0.15) is 53.6 Å². The highest BCUT2D eigenvalue weighted by atomic mass is 16.7. The molecule has 11 unspecified atom stereocenters. The lowest BCUT2D eigenvalue weighted by Crippen LogP contribution is -2.48. The third-order valence-corrected chi connectivity index (χ3v) is 18.1. The quantitative estimate of drug-likeness (QED) is 0.0108. The monoisotopic (exact) mass is 1510 g/mol. The summed E-state index contributed by atoms with van der Waals surface area (Å²) in [6.07, 6.45) is 34.1. The standard InChI is InChI=1S/C32H50N2O6.C30H56N2O6.C21H38N2O6/c1-8-11-12-13-14-15-16-17-18-23-28(39-31(37)29(33-7)24(4)9-2)40-32(38)30(25(5)10-3)34-27(36)22-20-19-21-26(6)35;1-7-23(3)27(31-6)29(35)37-21-17-13-14-18-22-38-30(36)28(24(4)8-2)32-26(34)20-16-12-10-9-11-15-19-25(5)33;1-14(2)18(22-6)20(26)28-12-9-13-29-21(27)19(15(3)4)23-17(25)11-8-7-10-16(5)24/h8,11-18,23-25,28-30,33H,9-10,19-22H2,1-7H3,(H,34,36);23-24,27-28,31H,7-22H2,1-6H3,(H,32,34);14-15,18-19,22H,7-13H2,1-6H3,(H,23,25)/b11-8+,13-12+,15-14+,17-16+,23-18+;;. The molecule has 0 aliphatic rings. The molecule has 24 heteroatoms. The van der Waals surface area contributed by atoms with E-state index in [4.69, 9.17) is 28.4 Å². The molecule has 0 fully saturated rings. The molecule has 0 aliphatic heterocycles. The Balaban J connectivity index is -0.00000154. The van der Waals surface area contributed by atoms with Gasteiger partial charge in [0.25, 0.3) is 6.29 Å². The van der Waals surface area contributed by atoms with E-state index in [2.05, 4.69) is 38.8 Å². The lowest BCUT2D eigenvalue weighted by molar-refractivity contribution is -0.184. The van der Waals surface area contributed by atoms with Crippen molar-refractivity contribution in [1.82, 2.24) is 31.9 Å². The van der Waals surface area contributed by atoms with Crippen molar-refractivity contribution in [3.63, 3.8) is 0 Å². The summed E-state index contributed by atoms with van der Waals surface area (Å²) in [7, 11) is 5.16. The fraction of sp³-hybridized carbons (Fsp3) is 0.735. The molecule has 0 heterocycles. The SMILES string of the molecule is C/C=C/C=C/C=C/C=C/C=C/C(OC(=O)C(NC)C(C)CC)OC(=O)C(NC(=O)CCCCC(C)=O)C(C)CC.CCC(C)C(NC)C(=O)OCCCCCCOC(=O)C(NC(=O)CCCCCCCCC(C)=O)C(C)CC.CNC(C(=O)OCCCOC(=O)C(NC(=O)CCCCC(C)=O)C(C)C)C(C)C. The Hall–Kier alpha value is -7.18. The van der Waals surface area contributed by atoms with Gasteiger partial charge >= 0.3 is 35.8 Å². The second kappa shape index (κ2) is 67.0. The molecule has 24 nitrogen and oxygen atoms in total. The Morgan fingerprint density at radius 1 is 0.299 bits per heavy atom. The maximum atomic E-state index is 13.2. The van der Waals surface area contributed by atoms with Crippen molar-refractivity contribution in [2.45, 2.75) is 314 Å². The third kappa shape index (κ3) is 55.0. The van der Waals surface area contributed by atoms with Crippen LogP contribution in [0.25, 0.3) is 0 Å². The molecule has 0 rings (SSSR count). The van der Waals surface area contributed by atoms with Gasteiger partial charge in [0, 0.05) is 44.9 Å². The lowest BCUT2D eigenvalue weighted by atomic mass is 9.99. The van der Waals surface area contributed by atoms with Crippen LogP contribution in [0.2, 0.25) is 0 Å². The number of unbranched alkanes of at least 4 members (excludes halogenated alkanes) is 10. The summed E-state index contributed by atoms with van der Waals surface area (Å²) in [6.45, 7) is 30.8. The van der Waals surface area contributed by atoms with Crippen molar-refractivity contribution in [3.8, 4) is 0 Å². The van der Waals surface area contributed by atoms with Crippen LogP contribution in [0.1, 0.15) is 271 Å². The van der Waals surface area contributed by atoms with Gasteiger partial charge in [-0.3, -0.25) is 28.8 Å². The first-order chi connectivity index (χ1) is 50.9. The zero-order chi connectivity index (χ0) is 81.5. The number of carbonyl (C=O) groups is 12. The minimum atomic E-state index is -1.28. The van der Waals surface area contributed by atoms with Crippen molar-refractivity contribution in [2.24, 2.45) is 35.5 Å². The molecule has 0 bridgehead atoms. The Labute approximate surface area is 643 Å². The van der Waals surface area contributed by atoms with Gasteiger partial charge in [-0.2, -0.15) is 0 Å². The minimum absolute atomic E-state index is 0.000671. The van der Waals surface area contributed by atoms with Gasteiger partial charge in [0.05, 0.1) is 26.4 Å². The molecule has 6 N–H and O–H groups in total. The third-order valence-electron chi connectivity index (χ3n) is 18.1. The van der Waals surface area contributed by atoms with Gasteiger partial charge in [-0.15, -0.1) is 0 Å². The van der Waals surface area contributed by atoms with E-state index in [0.29, 0.717) is 77.4 Å². The number of carbonyl (C=O) groups excluding carboxylic acids is 12. The molecular formula is C83H144N6O18. The maximum absolute atomic E-state index is 13.2. The first-order valence-electron chi connectivity index (χ1n) is 39.6. The molecule has 0 radical (unpaired) electrons. The normalized spacial score (nSPS) is 14.6. The van der Waals surface area contributed by atoms with E-state index in [1.807, 2.05) is 120 Å². The van der Waals surface area contributed by atoms with Crippen LogP contribution in [0.3, 0.4) is 0 Å². The number of hydrogen-bond acceptors (Lipinski definition) is 21. The van der Waals surface area contributed by atoms with Gasteiger partial charge in [-0.05, 0) is 155 Å². The number of rotatable bonds is 59. The summed E-state index contributed by atoms with van der Waals surface area (Å²) in [4.78, 5) is 145. The first-order valence-corrected chi connectivity index (χ1v) is 39.6. The number of hydrogen-bond donors (Lipinski definition) is 6. The van der Waals surface area contributed by atoms with Crippen molar-refractivity contribution >= 4 is 70.9 Å². The molecule has 0 aromatic carbocycles. The van der Waals surface area contributed by atoms with E-state index in [1.165, 1.54) is 19.9 Å². The van der Waals surface area contributed by atoms with Gasteiger partial charge in [0.15, 0.2) is 0 Å². The molecule has 0 aliphatic carbocycles. The zero-order valence-corrected chi connectivity index (χ0v) is 69.1. The summed E-state index contributed by atoms with van der Waals surface area (Å²) in [5.41, 5.74) is 0. The Kier molecular flexibility index (Phi) is 65.1. The van der Waals surface area contributed by atoms with Crippen LogP contribution in [0.15, 0.2) is 60.8 Å². The number of ketones is 3. The zero-order valence-electron chi connectivity index (χ0n) is 69.1. The van der Waals surface area contributed by atoms with Crippen LogP contribution in [-0.2, 0) is 86.0 Å². The molecule has 614 valence electrons. The minimum Gasteiger partial charge on any atom is -0.465 e. The number of esters is 6. The molecular weight excluding hydrogens is 1370 g/mol. The summed E-state index contributed by atoms with van der Waals surface area (Å²) >= 11 is 0. The van der Waals surface area contributed by atoms with Crippen molar-refractivity contribution in [1.29, 1.82) is 0 Å². The molecule has 0 spiro atoms. The van der Waals surface area contributed by atoms with Crippen LogP contribution in [0.4, 0.5) is 0 Å². The van der Waals surface area contributed by atoms with Crippen molar-refractivity contribution < 1.29 is 86.0 Å². The predicted molar refractivity (Wildman–Crippen MR) is 422 cm³/mol. The number of nitrogens with one attached hydrogen (secondary N) is 6. The smallest absolute Gasteiger partial charge is 0.332 e. The van der Waals surface area contributed by atoms with Gasteiger partial charge < -0.3 is 74.7 Å². The predicted octanol–water partition coefficient (Wildman–Crippen LogP) is 13.0. The van der Waals surface area contributed by atoms with E-state index in [-0.39, 0.29) is 127 Å². The van der Waals surface area contributed by atoms with Crippen LogP contribution in [-0.4, -0.2) is 161 Å². The number of allylic oxidation sites excluding steroid dienone is 9.